The molecule has 0 aliphatic heterocycles. The Bertz CT molecular complexity index is 896. The van der Waals surface area contributed by atoms with Gasteiger partial charge in [0.15, 0.2) is 0 Å². The number of hydrogen-bond donors (Lipinski definition) is 1. The molecule has 1 aromatic heterocycles. The number of pyridine rings is 1. The van der Waals surface area contributed by atoms with Gasteiger partial charge >= 0.3 is 0 Å². The average molecular weight is 346 g/mol. The minimum atomic E-state index is 0.646. The molecule has 1 aliphatic carbocycles. The molecule has 0 saturated heterocycles. The lowest BCUT2D eigenvalue weighted by molar-refractivity contribution is 0.415. The van der Waals surface area contributed by atoms with Gasteiger partial charge in [-0.3, -0.25) is 0 Å². The molecule has 1 heterocycles. The fraction of sp³-hybridized carbons (Fsp3) is 0.348. The largest absolute Gasteiger partial charge is 0.497 e. The van der Waals surface area contributed by atoms with E-state index in [-0.39, 0.29) is 0 Å². The Labute approximate surface area is 155 Å². The maximum Gasteiger partial charge on any atom is 0.118 e. The van der Waals surface area contributed by atoms with E-state index in [1.807, 2.05) is 12.1 Å². The highest BCUT2D eigenvalue weighted by molar-refractivity contribution is 5.84. The van der Waals surface area contributed by atoms with Crippen molar-refractivity contribution < 1.29 is 4.74 Å². The molecule has 0 spiro atoms. The zero-order valence-corrected chi connectivity index (χ0v) is 15.6. The molecule has 3 aromatic rings. The van der Waals surface area contributed by atoms with Crippen molar-refractivity contribution in [2.45, 2.75) is 45.2 Å². The number of aryl methyl sites for hydroxylation is 1. The van der Waals surface area contributed by atoms with Crippen LogP contribution in [0.5, 0.6) is 5.75 Å². The summed E-state index contributed by atoms with van der Waals surface area (Å²) in [6.07, 6.45) is 5.27. The van der Waals surface area contributed by atoms with Gasteiger partial charge in [-0.25, -0.2) is 4.98 Å². The molecule has 1 N–H and O–H groups in total. The van der Waals surface area contributed by atoms with Crippen LogP contribution in [-0.2, 0) is 6.54 Å². The van der Waals surface area contributed by atoms with Crippen LogP contribution < -0.4 is 10.1 Å². The standard InChI is InChI=1S/C23H26N2O/c1-16-7-8-18-14-19(15-24-20-5-3-4-6-20)23(25-22(18)13-16)17-9-11-21(26-2)12-10-17/h7-14,20,24H,3-6,15H2,1-2H3. The summed E-state index contributed by atoms with van der Waals surface area (Å²) in [5.41, 5.74) is 5.76. The lowest BCUT2D eigenvalue weighted by Crippen LogP contribution is -2.25. The van der Waals surface area contributed by atoms with Crippen LogP contribution in [0.15, 0.2) is 48.5 Å². The van der Waals surface area contributed by atoms with Crippen molar-refractivity contribution in [3.63, 3.8) is 0 Å². The number of benzene rings is 2. The maximum atomic E-state index is 5.30. The van der Waals surface area contributed by atoms with Crippen molar-refractivity contribution in [1.29, 1.82) is 0 Å². The number of nitrogens with zero attached hydrogens (tertiary/aromatic N) is 1. The summed E-state index contributed by atoms with van der Waals surface area (Å²) in [5, 5.41) is 4.95. The van der Waals surface area contributed by atoms with Gasteiger partial charge in [-0.05, 0) is 67.3 Å². The molecule has 0 radical (unpaired) electrons. The van der Waals surface area contributed by atoms with Crippen molar-refractivity contribution >= 4 is 10.9 Å². The highest BCUT2D eigenvalue weighted by Crippen LogP contribution is 2.28. The van der Waals surface area contributed by atoms with Crippen LogP contribution in [-0.4, -0.2) is 18.1 Å². The predicted octanol–water partition coefficient (Wildman–Crippen LogP) is 5.25. The fourth-order valence-electron chi connectivity index (χ4n) is 3.84. The smallest absolute Gasteiger partial charge is 0.118 e. The number of hydrogen-bond acceptors (Lipinski definition) is 3. The van der Waals surface area contributed by atoms with Gasteiger partial charge in [0.2, 0.25) is 0 Å². The zero-order valence-electron chi connectivity index (χ0n) is 15.6. The summed E-state index contributed by atoms with van der Waals surface area (Å²) in [5.74, 6) is 0.871. The zero-order chi connectivity index (χ0) is 17.9. The number of ether oxygens (including phenoxy) is 1. The van der Waals surface area contributed by atoms with E-state index in [0.717, 1.165) is 29.1 Å². The summed E-state index contributed by atoms with van der Waals surface area (Å²) in [7, 11) is 1.70. The number of rotatable bonds is 5. The van der Waals surface area contributed by atoms with Gasteiger partial charge in [0.1, 0.15) is 5.75 Å². The van der Waals surface area contributed by atoms with Crippen molar-refractivity contribution in [3.05, 3.63) is 59.7 Å². The normalized spacial score (nSPS) is 14.8. The van der Waals surface area contributed by atoms with Crippen LogP contribution in [0.2, 0.25) is 0 Å². The third-order valence-corrected chi connectivity index (χ3v) is 5.35. The van der Waals surface area contributed by atoms with Crippen LogP contribution in [0.4, 0.5) is 0 Å². The van der Waals surface area contributed by atoms with Crippen LogP contribution in [0.25, 0.3) is 22.2 Å². The first kappa shape index (κ1) is 17.0. The van der Waals surface area contributed by atoms with Crippen LogP contribution in [0, 0.1) is 6.92 Å². The van der Waals surface area contributed by atoms with Crippen LogP contribution >= 0.6 is 0 Å². The molecule has 3 nitrogen and oxygen atoms in total. The second-order valence-corrected chi connectivity index (χ2v) is 7.28. The molecular formula is C23H26N2O. The first-order valence-corrected chi connectivity index (χ1v) is 9.51. The van der Waals surface area contributed by atoms with Gasteiger partial charge < -0.3 is 10.1 Å². The molecule has 4 rings (SSSR count). The molecule has 3 heteroatoms. The molecule has 1 fully saturated rings. The van der Waals surface area contributed by atoms with E-state index in [9.17, 15) is 0 Å². The Morgan fingerprint density at radius 1 is 1.04 bits per heavy atom. The number of methoxy groups -OCH3 is 1. The van der Waals surface area contributed by atoms with Crippen LogP contribution in [0.3, 0.4) is 0 Å². The average Bonchev–Trinajstić information content (AvgIpc) is 3.19. The Hall–Kier alpha value is -2.39. The second-order valence-electron chi connectivity index (χ2n) is 7.28. The van der Waals surface area contributed by atoms with Gasteiger partial charge in [0, 0.05) is 23.5 Å². The molecular weight excluding hydrogens is 320 g/mol. The van der Waals surface area contributed by atoms with Gasteiger partial charge in [0.25, 0.3) is 0 Å². The molecule has 1 saturated carbocycles. The molecule has 134 valence electrons. The van der Waals surface area contributed by atoms with Crippen LogP contribution in [0.1, 0.15) is 36.8 Å². The van der Waals surface area contributed by atoms with E-state index < -0.39 is 0 Å². The summed E-state index contributed by atoms with van der Waals surface area (Å²) in [6, 6.07) is 17.6. The minimum Gasteiger partial charge on any atom is -0.497 e. The monoisotopic (exact) mass is 346 g/mol. The third kappa shape index (κ3) is 3.58. The lowest BCUT2D eigenvalue weighted by atomic mass is 10.0. The predicted molar refractivity (Wildman–Crippen MR) is 108 cm³/mol. The molecule has 26 heavy (non-hydrogen) atoms. The molecule has 0 bridgehead atoms. The third-order valence-electron chi connectivity index (χ3n) is 5.35. The SMILES string of the molecule is COc1ccc(-c2nc3cc(C)ccc3cc2CNC2CCCC2)cc1. The Morgan fingerprint density at radius 2 is 1.81 bits per heavy atom. The summed E-state index contributed by atoms with van der Waals surface area (Å²) < 4.78 is 5.30. The minimum absolute atomic E-state index is 0.646. The molecule has 1 aliphatic rings. The number of aromatic nitrogens is 1. The highest BCUT2D eigenvalue weighted by Gasteiger charge is 2.16. The first-order chi connectivity index (χ1) is 12.7. The molecule has 0 atom stereocenters. The van der Waals surface area contributed by atoms with E-state index in [1.165, 1.54) is 42.2 Å². The van der Waals surface area contributed by atoms with Crippen molar-refractivity contribution in [3.8, 4) is 17.0 Å². The maximum absolute atomic E-state index is 5.30. The Kier molecular flexibility index (Phi) is 4.89. The molecule has 0 amide bonds. The topological polar surface area (TPSA) is 34.1 Å². The summed E-state index contributed by atoms with van der Waals surface area (Å²) >= 11 is 0. The molecule has 2 aromatic carbocycles. The second kappa shape index (κ2) is 7.46. The van der Waals surface area contributed by atoms with Crippen molar-refractivity contribution in [1.82, 2.24) is 10.3 Å². The van der Waals surface area contributed by atoms with Crippen molar-refractivity contribution in [2.75, 3.05) is 7.11 Å². The van der Waals surface area contributed by atoms with E-state index >= 15 is 0 Å². The Morgan fingerprint density at radius 3 is 2.54 bits per heavy atom. The quantitative estimate of drug-likeness (QED) is 0.685. The Balaban J connectivity index is 1.73. The van der Waals surface area contributed by atoms with Gasteiger partial charge in [0.05, 0.1) is 18.3 Å². The van der Waals surface area contributed by atoms with E-state index in [0.29, 0.717) is 6.04 Å². The van der Waals surface area contributed by atoms with E-state index in [4.69, 9.17) is 9.72 Å². The van der Waals surface area contributed by atoms with Gasteiger partial charge in [-0.15, -0.1) is 0 Å². The highest BCUT2D eigenvalue weighted by atomic mass is 16.5. The lowest BCUT2D eigenvalue weighted by Gasteiger charge is -2.16. The number of fused-ring (bicyclic) bond motifs is 1. The summed E-state index contributed by atoms with van der Waals surface area (Å²) in [4.78, 5) is 5.03. The van der Waals surface area contributed by atoms with Gasteiger partial charge in [-0.2, -0.15) is 0 Å². The van der Waals surface area contributed by atoms with E-state index in [2.05, 4.69) is 48.6 Å². The fourth-order valence-corrected chi connectivity index (χ4v) is 3.84. The van der Waals surface area contributed by atoms with Crippen molar-refractivity contribution in [2.24, 2.45) is 0 Å². The van der Waals surface area contributed by atoms with Gasteiger partial charge in [-0.1, -0.05) is 25.0 Å². The first-order valence-electron chi connectivity index (χ1n) is 9.51. The summed E-state index contributed by atoms with van der Waals surface area (Å²) in [6.45, 7) is 2.98. The van der Waals surface area contributed by atoms with E-state index in [1.54, 1.807) is 7.11 Å². The number of nitrogens with one attached hydrogen (secondary N) is 1. The molecule has 0 unspecified atom stereocenters.